The molecule has 1 aliphatic heterocycles. The number of halogens is 1. The number of likely N-dealkylation sites (N-methyl/N-ethyl adjacent to an activating group) is 1. The van der Waals surface area contributed by atoms with Gasteiger partial charge < -0.3 is 10.2 Å². The Hall–Kier alpha value is -3.43. The van der Waals surface area contributed by atoms with E-state index in [1.807, 2.05) is 36.0 Å². The molecule has 0 aliphatic carbocycles. The Morgan fingerprint density at radius 1 is 1.14 bits per heavy atom. The molecule has 8 nitrogen and oxygen atoms in total. The molecule has 0 saturated heterocycles. The first-order valence-corrected chi connectivity index (χ1v) is 12.4. The number of hydrogen-bond acceptors (Lipinski definition) is 7. The highest BCUT2D eigenvalue weighted by molar-refractivity contribution is 5.86. The number of benzene rings is 1. The first-order chi connectivity index (χ1) is 17.3. The van der Waals surface area contributed by atoms with Crippen molar-refractivity contribution in [1.82, 2.24) is 34.5 Å². The molecule has 1 aliphatic rings. The number of aryl methyl sites for hydroxylation is 1. The molecule has 0 radical (unpaired) electrons. The van der Waals surface area contributed by atoms with Gasteiger partial charge in [-0.2, -0.15) is 5.10 Å². The smallest absolute Gasteiger partial charge is 0.229 e. The molecule has 4 aromatic rings. The third-order valence-corrected chi connectivity index (χ3v) is 6.67. The monoisotopic (exact) mass is 488 g/mol. The second-order valence-corrected chi connectivity index (χ2v) is 10.0. The van der Waals surface area contributed by atoms with E-state index in [1.165, 1.54) is 11.8 Å². The second kappa shape index (κ2) is 9.91. The molecule has 3 aromatic heterocycles. The Labute approximate surface area is 211 Å². The third kappa shape index (κ3) is 4.94. The molecule has 36 heavy (non-hydrogen) atoms. The van der Waals surface area contributed by atoms with E-state index in [0.29, 0.717) is 17.3 Å². The topological polar surface area (TPSA) is 75.0 Å². The summed E-state index contributed by atoms with van der Waals surface area (Å²) < 4.78 is 16.7. The second-order valence-electron chi connectivity index (χ2n) is 10.0. The van der Waals surface area contributed by atoms with Crippen molar-refractivity contribution < 1.29 is 4.39 Å². The fourth-order valence-corrected chi connectivity index (χ4v) is 4.87. The lowest BCUT2D eigenvalue weighted by atomic mass is 10.0. The average Bonchev–Trinajstić information content (AvgIpc) is 3.19. The van der Waals surface area contributed by atoms with Gasteiger partial charge in [-0.3, -0.25) is 9.58 Å². The highest BCUT2D eigenvalue weighted by Crippen LogP contribution is 2.30. The number of anilines is 2. The lowest BCUT2D eigenvalue weighted by Crippen LogP contribution is -2.36. The molecule has 0 atom stereocenters. The van der Waals surface area contributed by atoms with Crippen molar-refractivity contribution in [3.8, 4) is 11.3 Å². The summed E-state index contributed by atoms with van der Waals surface area (Å²) in [5, 5.41) is 8.77. The van der Waals surface area contributed by atoms with Crippen LogP contribution in [0, 0.1) is 5.82 Å². The molecule has 0 amide bonds. The van der Waals surface area contributed by atoms with Gasteiger partial charge in [0.15, 0.2) is 5.82 Å². The van der Waals surface area contributed by atoms with E-state index in [4.69, 9.17) is 4.98 Å². The number of fused-ring (bicyclic) bond motifs is 2. The molecule has 4 heterocycles. The molecular formula is C27H33FN8. The van der Waals surface area contributed by atoms with Gasteiger partial charge in [0, 0.05) is 62.0 Å². The molecule has 5 rings (SSSR count). The Morgan fingerprint density at radius 2 is 1.97 bits per heavy atom. The number of pyridine rings is 1. The van der Waals surface area contributed by atoms with Gasteiger partial charge in [0.1, 0.15) is 11.5 Å². The zero-order valence-corrected chi connectivity index (χ0v) is 21.6. The van der Waals surface area contributed by atoms with Gasteiger partial charge >= 0.3 is 0 Å². The summed E-state index contributed by atoms with van der Waals surface area (Å²) in [5.74, 6) is 0.805. The standard InChI is InChI=1S/C27H33FN8/c1-17(2)26-20-14-18(6-8-23(20)33-35(26)5)25-21(28)15-29-27(32-25)31-24-9-7-19-16-36(13-12-34(3)4)11-10-22(19)30-24/h6-9,14-15,17H,10-13,16H2,1-5H3,(H,29,30,31,32). The van der Waals surface area contributed by atoms with Crippen LogP contribution in [0.4, 0.5) is 16.2 Å². The van der Waals surface area contributed by atoms with Crippen molar-refractivity contribution in [2.45, 2.75) is 32.7 Å². The van der Waals surface area contributed by atoms with Crippen molar-refractivity contribution >= 4 is 22.7 Å². The quantitative estimate of drug-likeness (QED) is 0.414. The van der Waals surface area contributed by atoms with Crippen molar-refractivity contribution in [2.75, 3.05) is 39.0 Å². The van der Waals surface area contributed by atoms with E-state index < -0.39 is 5.82 Å². The van der Waals surface area contributed by atoms with E-state index in [9.17, 15) is 4.39 Å². The van der Waals surface area contributed by atoms with Gasteiger partial charge in [-0.15, -0.1) is 0 Å². The fraction of sp³-hybridized carbons (Fsp3) is 0.407. The normalized spacial score (nSPS) is 14.1. The summed E-state index contributed by atoms with van der Waals surface area (Å²) in [6, 6.07) is 9.79. The van der Waals surface area contributed by atoms with Crippen molar-refractivity contribution in [3.63, 3.8) is 0 Å². The van der Waals surface area contributed by atoms with Crippen LogP contribution < -0.4 is 5.32 Å². The van der Waals surface area contributed by atoms with E-state index in [0.717, 1.165) is 54.9 Å². The predicted octanol–water partition coefficient (Wildman–Crippen LogP) is 4.35. The minimum atomic E-state index is -0.467. The van der Waals surface area contributed by atoms with E-state index >= 15 is 0 Å². The minimum Gasteiger partial charge on any atom is -0.309 e. The van der Waals surface area contributed by atoms with Crippen molar-refractivity contribution in [1.29, 1.82) is 0 Å². The first kappa shape index (κ1) is 24.3. The first-order valence-electron chi connectivity index (χ1n) is 12.4. The number of nitrogens with one attached hydrogen (secondary N) is 1. The molecule has 0 unspecified atom stereocenters. The van der Waals surface area contributed by atoms with Crippen LogP contribution in [-0.2, 0) is 20.0 Å². The summed E-state index contributed by atoms with van der Waals surface area (Å²) in [6.07, 6.45) is 2.11. The SMILES string of the molecule is CC(C)c1c2cc(-c3nc(Nc4ccc5c(n4)CCN(CCN(C)C)C5)ncc3F)ccc2nn1C. The van der Waals surface area contributed by atoms with Crippen LogP contribution in [-0.4, -0.2) is 68.3 Å². The number of hydrogen-bond donors (Lipinski definition) is 1. The molecule has 0 fully saturated rings. The largest absolute Gasteiger partial charge is 0.309 e. The molecule has 0 bridgehead atoms. The number of aromatic nitrogens is 5. The highest BCUT2D eigenvalue weighted by atomic mass is 19.1. The summed E-state index contributed by atoms with van der Waals surface area (Å²) >= 11 is 0. The van der Waals surface area contributed by atoms with E-state index in [2.05, 4.69) is 64.2 Å². The van der Waals surface area contributed by atoms with Gasteiger partial charge in [0.05, 0.1) is 11.7 Å². The van der Waals surface area contributed by atoms with E-state index in [-0.39, 0.29) is 11.6 Å². The van der Waals surface area contributed by atoms with Crippen molar-refractivity contribution in [2.24, 2.45) is 7.05 Å². The average molecular weight is 489 g/mol. The molecule has 1 N–H and O–H groups in total. The summed E-state index contributed by atoms with van der Waals surface area (Å²) in [7, 11) is 6.13. The maximum Gasteiger partial charge on any atom is 0.229 e. The Kier molecular flexibility index (Phi) is 6.68. The molecular weight excluding hydrogens is 455 g/mol. The van der Waals surface area contributed by atoms with Crippen LogP contribution in [0.25, 0.3) is 22.2 Å². The predicted molar refractivity (Wildman–Crippen MR) is 141 cm³/mol. The van der Waals surface area contributed by atoms with Crippen LogP contribution in [0.15, 0.2) is 36.5 Å². The minimum absolute atomic E-state index is 0.252. The van der Waals surface area contributed by atoms with Gasteiger partial charge in [-0.25, -0.2) is 19.3 Å². The zero-order valence-electron chi connectivity index (χ0n) is 21.6. The highest BCUT2D eigenvalue weighted by Gasteiger charge is 2.19. The van der Waals surface area contributed by atoms with Gasteiger partial charge in [-0.05, 0) is 43.8 Å². The van der Waals surface area contributed by atoms with Gasteiger partial charge in [0.2, 0.25) is 5.95 Å². The Morgan fingerprint density at radius 3 is 2.75 bits per heavy atom. The van der Waals surface area contributed by atoms with Crippen molar-refractivity contribution in [3.05, 3.63) is 59.3 Å². The molecule has 0 spiro atoms. The lowest BCUT2D eigenvalue weighted by Gasteiger charge is -2.29. The zero-order chi connectivity index (χ0) is 25.4. The van der Waals surface area contributed by atoms with Crippen LogP contribution in [0.1, 0.15) is 36.7 Å². The molecule has 9 heteroatoms. The summed E-state index contributed by atoms with van der Waals surface area (Å²) in [5.41, 5.74) is 5.28. The van der Waals surface area contributed by atoms with Gasteiger partial charge in [-0.1, -0.05) is 26.0 Å². The van der Waals surface area contributed by atoms with Gasteiger partial charge in [0.25, 0.3) is 0 Å². The van der Waals surface area contributed by atoms with Crippen LogP contribution >= 0.6 is 0 Å². The Bertz CT molecular complexity index is 1390. The summed E-state index contributed by atoms with van der Waals surface area (Å²) in [4.78, 5) is 18.1. The number of rotatable bonds is 7. The maximum absolute atomic E-state index is 14.8. The third-order valence-electron chi connectivity index (χ3n) is 6.67. The Balaban J connectivity index is 1.38. The molecule has 1 aromatic carbocycles. The fourth-order valence-electron chi connectivity index (χ4n) is 4.87. The maximum atomic E-state index is 14.8. The molecule has 188 valence electrons. The van der Waals surface area contributed by atoms with Crippen LogP contribution in [0.3, 0.4) is 0 Å². The summed E-state index contributed by atoms with van der Waals surface area (Å²) in [6.45, 7) is 8.24. The molecule has 0 saturated carbocycles. The lowest BCUT2D eigenvalue weighted by molar-refractivity contribution is 0.224. The number of nitrogens with zero attached hydrogens (tertiary/aromatic N) is 7. The van der Waals surface area contributed by atoms with E-state index in [1.54, 1.807) is 0 Å². The van der Waals surface area contributed by atoms with Crippen LogP contribution in [0.5, 0.6) is 0 Å². The van der Waals surface area contributed by atoms with Crippen LogP contribution in [0.2, 0.25) is 0 Å².